The number of primary amides is 1. The second-order valence-electron chi connectivity index (χ2n) is 6.24. The van der Waals surface area contributed by atoms with Gasteiger partial charge in [0.15, 0.2) is 0 Å². The molecule has 8 nitrogen and oxygen atoms in total. The minimum Gasteiger partial charge on any atom is -0.457 e. The fourth-order valence-corrected chi connectivity index (χ4v) is 2.91. The molecule has 0 bridgehead atoms. The molecular weight excluding hydrogens is 362 g/mol. The Bertz CT molecular complexity index is 896. The van der Waals surface area contributed by atoms with E-state index in [4.69, 9.17) is 10.5 Å². The summed E-state index contributed by atoms with van der Waals surface area (Å²) in [6.45, 7) is -0.406. The molecule has 1 saturated heterocycles. The van der Waals surface area contributed by atoms with Gasteiger partial charge in [-0.1, -0.05) is 18.2 Å². The quantitative estimate of drug-likeness (QED) is 0.780. The zero-order valence-electron chi connectivity index (χ0n) is 15.0. The Morgan fingerprint density at radius 2 is 1.68 bits per heavy atom. The Kier molecular flexibility index (Phi) is 5.69. The van der Waals surface area contributed by atoms with Crippen LogP contribution in [0.1, 0.15) is 23.2 Å². The van der Waals surface area contributed by atoms with Gasteiger partial charge in [-0.15, -0.1) is 0 Å². The van der Waals surface area contributed by atoms with Crippen LogP contribution in [0.4, 0.5) is 0 Å². The first-order valence-corrected chi connectivity index (χ1v) is 8.71. The van der Waals surface area contributed by atoms with Crippen molar-refractivity contribution in [2.45, 2.75) is 18.9 Å². The van der Waals surface area contributed by atoms with Gasteiger partial charge in [0.25, 0.3) is 5.91 Å². The van der Waals surface area contributed by atoms with Crippen LogP contribution in [0.3, 0.4) is 0 Å². The number of amides is 4. The Balaban J connectivity index is 1.56. The molecule has 0 saturated carbocycles. The largest absolute Gasteiger partial charge is 0.457 e. The van der Waals surface area contributed by atoms with Crippen molar-refractivity contribution in [3.05, 3.63) is 60.2 Å². The summed E-state index contributed by atoms with van der Waals surface area (Å²) >= 11 is 0. The first-order chi connectivity index (χ1) is 13.5. The SMILES string of the molecule is NC(=O)C1CCC(=O)N1C(=O)CNC(=O)c1ccc(Oc2ccccc2)cc1. The van der Waals surface area contributed by atoms with Crippen molar-refractivity contribution in [3.8, 4) is 11.5 Å². The van der Waals surface area contributed by atoms with E-state index in [9.17, 15) is 19.2 Å². The van der Waals surface area contributed by atoms with E-state index in [0.29, 0.717) is 17.1 Å². The highest BCUT2D eigenvalue weighted by atomic mass is 16.5. The molecule has 28 heavy (non-hydrogen) atoms. The molecule has 1 aliphatic rings. The van der Waals surface area contributed by atoms with Crippen molar-refractivity contribution < 1.29 is 23.9 Å². The van der Waals surface area contributed by atoms with Crippen molar-refractivity contribution in [1.29, 1.82) is 0 Å². The van der Waals surface area contributed by atoms with Gasteiger partial charge in [0.05, 0.1) is 6.54 Å². The molecule has 1 aliphatic heterocycles. The van der Waals surface area contributed by atoms with Crippen LogP contribution in [0.5, 0.6) is 11.5 Å². The second kappa shape index (κ2) is 8.34. The number of likely N-dealkylation sites (tertiary alicyclic amines) is 1. The fraction of sp³-hybridized carbons (Fsp3) is 0.200. The maximum atomic E-state index is 12.2. The van der Waals surface area contributed by atoms with Crippen LogP contribution in [-0.2, 0) is 14.4 Å². The predicted octanol–water partition coefficient (Wildman–Crippen LogP) is 1.21. The maximum absolute atomic E-state index is 12.2. The number of carbonyl (C=O) groups excluding carboxylic acids is 4. The molecule has 4 amide bonds. The van der Waals surface area contributed by atoms with E-state index < -0.39 is 36.2 Å². The molecule has 0 radical (unpaired) electrons. The van der Waals surface area contributed by atoms with Crippen molar-refractivity contribution in [2.75, 3.05) is 6.54 Å². The smallest absolute Gasteiger partial charge is 0.251 e. The third-order valence-electron chi connectivity index (χ3n) is 4.30. The second-order valence-corrected chi connectivity index (χ2v) is 6.24. The topological polar surface area (TPSA) is 119 Å². The molecule has 8 heteroatoms. The van der Waals surface area contributed by atoms with Crippen LogP contribution in [0.15, 0.2) is 54.6 Å². The van der Waals surface area contributed by atoms with Crippen LogP contribution in [0.2, 0.25) is 0 Å². The Hall–Kier alpha value is -3.68. The number of ether oxygens (including phenoxy) is 1. The van der Waals surface area contributed by atoms with Gasteiger partial charge in [-0.25, -0.2) is 0 Å². The number of para-hydroxylation sites is 1. The molecule has 144 valence electrons. The maximum Gasteiger partial charge on any atom is 0.251 e. The minimum atomic E-state index is -0.952. The molecule has 1 atom stereocenters. The fourth-order valence-electron chi connectivity index (χ4n) is 2.91. The van der Waals surface area contributed by atoms with Crippen molar-refractivity contribution >= 4 is 23.6 Å². The summed E-state index contributed by atoms with van der Waals surface area (Å²) in [6.07, 6.45) is 0.285. The Morgan fingerprint density at radius 1 is 1.04 bits per heavy atom. The number of nitrogens with two attached hydrogens (primary N) is 1. The van der Waals surface area contributed by atoms with Gasteiger partial charge >= 0.3 is 0 Å². The average molecular weight is 381 g/mol. The molecule has 3 rings (SSSR count). The van der Waals surface area contributed by atoms with E-state index in [1.54, 1.807) is 24.3 Å². The lowest BCUT2D eigenvalue weighted by Crippen LogP contribution is -2.49. The number of hydrogen-bond acceptors (Lipinski definition) is 5. The number of carbonyl (C=O) groups is 4. The van der Waals surface area contributed by atoms with Gasteiger partial charge in [0, 0.05) is 12.0 Å². The van der Waals surface area contributed by atoms with Crippen LogP contribution in [0.25, 0.3) is 0 Å². The Morgan fingerprint density at radius 3 is 2.32 bits per heavy atom. The third-order valence-corrected chi connectivity index (χ3v) is 4.30. The van der Waals surface area contributed by atoms with Gasteiger partial charge in [-0.05, 0) is 42.8 Å². The summed E-state index contributed by atoms with van der Waals surface area (Å²) in [6, 6.07) is 14.6. The van der Waals surface area contributed by atoms with E-state index in [1.807, 2.05) is 30.3 Å². The highest BCUT2D eigenvalue weighted by Crippen LogP contribution is 2.21. The van der Waals surface area contributed by atoms with E-state index >= 15 is 0 Å². The molecule has 0 aromatic heterocycles. The van der Waals surface area contributed by atoms with E-state index in [-0.39, 0.29) is 12.8 Å². The van der Waals surface area contributed by atoms with Gasteiger partial charge in [0.1, 0.15) is 17.5 Å². The van der Waals surface area contributed by atoms with Gasteiger partial charge < -0.3 is 15.8 Å². The first kappa shape index (κ1) is 19.1. The summed E-state index contributed by atoms with van der Waals surface area (Å²) in [5.41, 5.74) is 5.55. The lowest BCUT2D eigenvalue weighted by Gasteiger charge is -2.20. The predicted molar refractivity (Wildman–Crippen MR) is 99.4 cm³/mol. The van der Waals surface area contributed by atoms with Crippen LogP contribution >= 0.6 is 0 Å². The monoisotopic (exact) mass is 381 g/mol. The highest BCUT2D eigenvalue weighted by molar-refractivity contribution is 6.04. The number of rotatable bonds is 6. The van der Waals surface area contributed by atoms with Crippen LogP contribution in [-0.4, -0.2) is 41.1 Å². The molecule has 1 heterocycles. The van der Waals surface area contributed by atoms with Crippen LogP contribution < -0.4 is 15.8 Å². The van der Waals surface area contributed by atoms with Crippen molar-refractivity contribution in [1.82, 2.24) is 10.2 Å². The standard InChI is InChI=1S/C20H19N3O5/c21-19(26)16-10-11-17(24)23(16)18(25)12-22-20(27)13-6-8-15(9-7-13)28-14-4-2-1-3-5-14/h1-9,16H,10-12H2,(H2,21,26)(H,22,27). The molecule has 3 N–H and O–H groups in total. The Labute approximate surface area is 161 Å². The molecule has 0 spiro atoms. The summed E-state index contributed by atoms with van der Waals surface area (Å²) < 4.78 is 5.65. The molecule has 2 aromatic carbocycles. The van der Waals surface area contributed by atoms with Gasteiger partial charge in [0.2, 0.25) is 17.7 Å². The summed E-state index contributed by atoms with van der Waals surface area (Å²) in [4.78, 5) is 48.5. The number of nitrogens with zero attached hydrogens (tertiary/aromatic N) is 1. The van der Waals surface area contributed by atoms with Gasteiger partial charge in [-0.2, -0.15) is 0 Å². The summed E-state index contributed by atoms with van der Waals surface area (Å²) in [7, 11) is 0. The zero-order chi connectivity index (χ0) is 20.1. The zero-order valence-corrected chi connectivity index (χ0v) is 15.0. The summed E-state index contributed by atoms with van der Waals surface area (Å²) in [5.74, 6) is -1.12. The number of imide groups is 1. The average Bonchev–Trinajstić information content (AvgIpc) is 3.09. The van der Waals surface area contributed by atoms with E-state index in [0.717, 1.165) is 4.90 Å². The lowest BCUT2D eigenvalue weighted by molar-refractivity contribution is -0.146. The lowest BCUT2D eigenvalue weighted by atomic mass is 10.2. The molecule has 1 unspecified atom stereocenters. The first-order valence-electron chi connectivity index (χ1n) is 8.71. The number of hydrogen-bond donors (Lipinski definition) is 2. The molecule has 2 aromatic rings. The minimum absolute atomic E-state index is 0.0795. The highest BCUT2D eigenvalue weighted by Gasteiger charge is 2.38. The van der Waals surface area contributed by atoms with Crippen molar-refractivity contribution in [2.24, 2.45) is 5.73 Å². The molecular formula is C20H19N3O5. The van der Waals surface area contributed by atoms with Gasteiger partial charge in [-0.3, -0.25) is 24.1 Å². The molecule has 0 aliphatic carbocycles. The number of nitrogens with one attached hydrogen (secondary N) is 1. The normalized spacial score (nSPS) is 15.9. The third kappa shape index (κ3) is 4.35. The molecule has 1 fully saturated rings. The number of benzene rings is 2. The summed E-state index contributed by atoms with van der Waals surface area (Å²) in [5, 5.41) is 2.45. The van der Waals surface area contributed by atoms with Crippen molar-refractivity contribution in [3.63, 3.8) is 0 Å². The van der Waals surface area contributed by atoms with Crippen LogP contribution in [0, 0.1) is 0 Å². The van der Waals surface area contributed by atoms with E-state index in [1.165, 1.54) is 0 Å². The van der Waals surface area contributed by atoms with E-state index in [2.05, 4.69) is 5.32 Å².